The van der Waals surface area contributed by atoms with Gasteiger partial charge >= 0.3 is 25.7 Å². The van der Waals surface area contributed by atoms with Crippen molar-refractivity contribution in [3.05, 3.63) is 12.2 Å². The van der Waals surface area contributed by atoms with E-state index in [4.69, 9.17) is 24.8 Å². The molecule has 0 aromatic rings. The first-order valence-electron chi connectivity index (χ1n) is 16.2. The molecule has 0 aliphatic heterocycles. The summed E-state index contributed by atoms with van der Waals surface area (Å²) in [7, 11) is -4.69. The highest BCUT2D eigenvalue weighted by Crippen LogP contribution is 2.43. The topological polar surface area (TPSA) is 172 Å². The maximum Gasteiger partial charge on any atom is 0.472 e. The van der Waals surface area contributed by atoms with Crippen LogP contribution in [0.15, 0.2) is 12.2 Å². The number of esters is 2. The summed E-state index contributed by atoms with van der Waals surface area (Å²) in [6.45, 7) is 2.56. The minimum Gasteiger partial charge on any atom is -0.480 e. The van der Waals surface area contributed by atoms with Crippen LogP contribution in [0.3, 0.4) is 0 Å². The normalized spacial score (nSPS) is 14.3. The Kier molecular flexibility index (Phi) is 26.6. The highest BCUT2D eigenvalue weighted by atomic mass is 31.2. The summed E-state index contributed by atoms with van der Waals surface area (Å²) in [6.07, 6.45) is 22.5. The zero-order valence-corrected chi connectivity index (χ0v) is 27.4. The highest BCUT2D eigenvalue weighted by Gasteiger charge is 2.28. The minimum atomic E-state index is -4.69. The number of phosphoric acid groups is 1. The molecule has 0 aromatic carbocycles. The molecule has 0 amide bonds. The van der Waals surface area contributed by atoms with E-state index in [2.05, 4.69) is 23.6 Å². The van der Waals surface area contributed by atoms with E-state index in [1.807, 2.05) is 6.92 Å². The number of nitrogens with two attached hydrogens (primary N) is 1. The van der Waals surface area contributed by atoms with E-state index >= 15 is 0 Å². The van der Waals surface area contributed by atoms with E-state index in [-0.39, 0.29) is 19.4 Å². The maximum absolute atomic E-state index is 12.4. The van der Waals surface area contributed by atoms with Gasteiger partial charge in [0, 0.05) is 12.8 Å². The van der Waals surface area contributed by atoms with Gasteiger partial charge in [-0.05, 0) is 38.5 Å². The predicted molar refractivity (Wildman–Crippen MR) is 166 cm³/mol. The number of hydrogen-bond acceptors (Lipinski definition) is 9. The molecule has 0 radical (unpaired) electrons. The minimum absolute atomic E-state index is 0.153. The molecular formula is C31H58NO10P. The summed E-state index contributed by atoms with van der Waals surface area (Å²) in [5.74, 6) is -2.42. The molecule has 0 aliphatic carbocycles. The Bertz CT molecular complexity index is 807. The summed E-state index contributed by atoms with van der Waals surface area (Å²) in [6, 6.07) is -1.52. The SMILES string of the molecule is CCCCCCCCC/C=C\CCCCCCCC(=O)OC(COC(=O)CCCCC)COP(=O)(O)OCC(N)C(=O)O. The second-order valence-electron chi connectivity index (χ2n) is 10.9. The zero-order valence-electron chi connectivity index (χ0n) is 26.6. The summed E-state index contributed by atoms with van der Waals surface area (Å²) in [5, 5.41) is 8.78. The monoisotopic (exact) mass is 635 g/mol. The first-order chi connectivity index (χ1) is 20.6. The Hall–Kier alpha value is -1.78. The van der Waals surface area contributed by atoms with Crippen LogP contribution in [0, 0.1) is 0 Å². The number of carboxylic acids is 1. The van der Waals surface area contributed by atoms with Gasteiger partial charge in [0.1, 0.15) is 12.6 Å². The molecule has 43 heavy (non-hydrogen) atoms. The molecule has 3 unspecified atom stereocenters. The molecule has 0 spiro atoms. The number of ether oxygens (including phenoxy) is 2. The van der Waals surface area contributed by atoms with Gasteiger partial charge in [-0.1, -0.05) is 96.6 Å². The molecule has 4 N–H and O–H groups in total. The average Bonchev–Trinajstić information content (AvgIpc) is 2.97. The molecule has 0 heterocycles. The fourth-order valence-electron chi connectivity index (χ4n) is 4.12. The van der Waals surface area contributed by atoms with Crippen LogP contribution in [0.2, 0.25) is 0 Å². The second kappa shape index (κ2) is 27.7. The molecule has 0 aliphatic rings. The van der Waals surface area contributed by atoms with E-state index < -0.39 is 51.1 Å². The molecule has 11 nitrogen and oxygen atoms in total. The van der Waals surface area contributed by atoms with E-state index in [0.717, 1.165) is 51.4 Å². The van der Waals surface area contributed by atoms with Crippen LogP contribution in [-0.4, -0.2) is 59.9 Å². The number of carbonyl (C=O) groups excluding carboxylic acids is 2. The van der Waals surface area contributed by atoms with Crippen LogP contribution in [0.4, 0.5) is 0 Å². The first-order valence-corrected chi connectivity index (χ1v) is 17.7. The largest absolute Gasteiger partial charge is 0.480 e. The number of carboxylic acid groups (broad SMARTS) is 1. The highest BCUT2D eigenvalue weighted by molar-refractivity contribution is 7.47. The summed E-state index contributed by atoms with van der Waals surface area (Å²) >= 11 is 0. The molecule has 0 saturated heterocycles. The smallest absolute Gasteiger partial charge is 0.472 e. The molecule has 0 fully saturated rings. The van der Waals surface area contributed by atoms with Crippen molar-refractivity contribution in [3.8, 4) is 0 Å². The molecular weight excluding hydrogens is 577 g/mol. The Morgan fingerprint density at radius 3 is 1.74 bits per heavy atom. The van der Waals surface area contributed by atoms with Crippen LogP contribution in [0.25, 0.3) is 0 Å². The van der Waals surface area contributed by atoms with E-state index in [9.17, 15) is 23.8 Å². The average molecular weight is 636 g/mol. The fraction of sp³-hybridized carbons (Fsp3) is 0.839. The van der Waals surface area contributed by atoms with Crippen molar-refractivity contribution in [2.45, 2.75) is 148 Å². The molecule has 0 saturated carbocycles. The number of unbranched alkanes of at least 4 members (excludes halogenated alkanes) is 14. The maximum atomic E-state index is 12.4. The zero-order chi connectivity index (χ0) is 32.2. The lowest BCUT2D eigenvalue weighted by atomic mass is 10.1. The van der Waals surface area contributed by atoms with Crippen LogP contribution < -0.4 is 5.73 Å². The predicted octanol–water partition coefficient (Wildman–Crippen LogP) is 6.99. The van der Waals surface area contributed by atoms with Crippen LogP contribution in [-0.2, 0) is 37.5 Å². The Labute approximate surface area is 258 Å². The lowest BCUT2D eigenvalue weighted by Gasteiger charge is -2.20. The van der Waals surface area contributed by atoms with Gasteiger partial charge in [-0.3, -0.25) is 23.4 Å². The van der Waals surface area contributed by atoms with Gasteiger partial charge in [0.05, 0.1) is 13.2 Å². The van der Waals surface area contributed by atoms with E-state index in [0.29, 0.717) is 12.8 Å². The number of aliphatic carboxylic acids is 1. The lowest BCUT2D eigenvalue weighted by molar-refractivity contribution is -0.161. The van der Waals surface area contributed by atoms with Crippen LogP contribution in [0.1, 0.15) is 136 Å². The number of rotatable bonds is 30. The van der Waals surface area contributed by atoms with Gasteiger partial charge in [0.25, 0.3) is 0 Å². The van der Waals surface area contributed by atoms with Gasteiger partial charge < -0.3 is 25.2 Å². The standard InChI is InChI=1S/C31H58NO10P/c1-3-5-7-8-9-10-11-12-13-14-15-16-17-18-19-21-23-30(34)42-27(24-39-29(33)22-20-6-4-2)25-40-43(37,38)41-26-28(32)31(35)36/h13-14,27-28H,3-12,15-26,32H2,1-2H3,(H,35,36)(H,37,38)/b14-13-. The van der Waals surface area contributed by atoms with Crippen molar-refractivity contribution in [1.82, 2.24) is 0 Å². The number of allylic oxidation sites excluding steroid dienone is 2. The molecule has 0 bridgehead atoms. The summed E-state index contributed by atoms with van der Waals surface area (Å²) in [5.41, 5.74) is 5.27. The third kappa shape index (κ3) is 27.5. The van der Waals surface area contributed by atoms with E-state index in [1.165, 1.54) is 44.9 Å². The number of phosphoric ester groups is 1. The Morgan fingerprint density at radius 2 is 1.16 bits per heavy atom. The third-order valence-corrected chi connectivity index (χ3v) is 7.71. The van der Waals surface area contributed by atoms with Gasteiger partial charge in [-0.15, -0.1) is 0 Å². The van der Waals surface area contributed by atoms with Crippen molar-refractivity contribution < 1.29 is 47.5 Å². The number of carbonyl (C=O) groups is 3. The van der Waals surface area contributed by atoms with E-state index in [1.54, 1.807) is 0 Å². The third-order valence-electron chi connectivity index (χ3n) is 6.76. The van der Waals surface area contributed by atoms with Crippen molar-refractivity contribution in [2.75, 3.05) is 19.8 Å². The van der Waals surface area contributed by atoms with Gasteiger partial charge in [-0.25, -0.2) is 4.57 Å². The second-order valence-corrected chi connectivity index (χ2v) is 12.4. The van der Waals surface area contributed by atoms with Crippen molar-refractivity contribution in [3.63, 3.8) is 0 Å². The van der Waals surface area contributed by atoms with Crippen molar-refractivity contribution in [2.24, 2.45) is 5.73 Å². The quantitative estimate of drug-likeness (QED) is 0.0321. The van der Waals surface area contributed by atoms with Crippen molar-refractivity contribution >= 4 is 25.7 Å². The molecule has 252 valence electrons. The summed E-state index contributed by atoms with van der Waals surface area (Å²) in [4.78, 5) is 45.0. The van der Waals surface area contributed by atoms with Gasteiger partial charge in [0.2, 0.25) is 0 Å². The van der Waals surface area contributed by atoms with Crippen molar-refractivity contribution in [1.29, 1.82) is 0 Å². The first kappa shape index (κ1) is 41.2. The van der Waals surface area contributed by atoms with Gasteiger partial charge in [0.15, 0.2) is 6.10 Å². The van der Waals surface area contributed by atoms with Gasteiger partial charge in [-0.2, -0.15) is 0 Å². The fourth-order valence-corrected chi connectivity index (χ4v) is 4.89. The molecule has 3 atom stereocenters. The number of hydrogen-bond donors (Lipinski definition) is 3. The molecule has 0 rings (SSSR count). The molecule has 12 heteroatoms. The van der Waals surface area contributed by atoms with Crippen LogP contribution in [0.5, 0.6) is 0 Å². The Balaban J connectivity index is 4.31. The molecule has 0 aromatic heterocycles. The Morgan fingerprint density at radius 1 is 0.698 bits per heavy atom. The lowest BCUT2D eigenvalue weighted by Crippen LogP contribution is -2.34. The van der Waals surface area contributed by atoms with Crippen LogP contribution >= 0.6 is 7.82 Å². The summed E-state index contributed by atoms with van der Waals surface area (Å²) < 4.78 is 32.1.